The first kappa shape index (κ1) is 19.6. The highest BCUT2D eigenvalue weighted by atomic mass is 35.5. The van der Waals surface area contributed by atoms with Crippen molar-refractivity contribution >= 4 is 28.3 Å². The zero-order valence-corrected chi connectivity index (χ0v) is 17.8. The molecule has 4 heteroatoms. The molecule has 0 fully saturated rings. The molecule has 0 atom stereocenters. The Labute approximate surface area is 176 Å². The standard InChI is InChI=1S/C25H25ClN2O/c1-17-4-13-23-22(14-17)25(19-7-9-20(26)10-8-19)24(29-23)16-27-15-18-5-11-21(12-6-18)28(2)3/h4-14,27H,15-16H2,1-3H3. The number of aryl methyl sites for hydroxylation is 1. The normalized spacial score (nSPS) is 11.2. The van der Waals surface area contributed by atoms with Crippen LogP contribution >= 0.6 is 11.6 Å². The Bertz CT molecular complexity index is 1110. The van der Waals surface area contributed by atoms with Gasteiger partial charge in [-0.05, 0) is 54.4 Å². The molecule has 29 heavy (non-hydrogen) atoms. The molecule has 0 radical (unpaired) electrons. The van der Waals surface area contributed by atoms with Crippen molar-refractivity contribution in [2.45, 2.75) is 20.0 Å². The molecule has 0 aliphatic rings. The zero-order valence-electron chi connectivity index (χ0n) is 17.0. The summed E-state index contributed by atoms with van der Waals surface area (Å²) in [7, 11) is 4.10. The van der Waals surface area contributed by atoms with Gasteiger partial charge in [0.15, 0.2) is 0 Å². The van der Waals surface area contributed by atoms with Crippen molar-refractivity contribution in [2.24, 2.45) is 0 Å². The molecule has 3 nitrogen and oxygen atoms in total. The number of anilines is 1. The number of hydrogen-bond donors (Lipinski definition) is 1. The molecule has 148 valence electrons. The molecule has 0 bridgehead atoms. The molecule has 0 saturated carbocycles. The van der Waals surface area contributed by atoms with Crippen molar-refractivity contribution in [1.82, 2.24) is 5.32 Å². The Hall–Kier alpha value is -2.75. The predicted octanol–water partition coefficient (Wildman–Crippen LogP) is 6.42. The van der Waals surface area contributed by atoms with Crippen molar-refractivity contribution in [3.8, 4) is 11.1 Å². The second-order valence-corrected chi connectivity index (χ2v) is 8.01. The quantitative estimate of drug-likeness (QED) is 0.402. The van der Waals surface area contributed by atoms with Crippen LogP contribution in [0.4, 0.5) is 5.69 Å². The fraction of sp³-hybridized carbons (Fsp3) is 0.200. The van der Waals surface area contributed by atoms with E-state index in [-0.39, 0.29) is 0 Å². The van der Waals surface area contributed by atoms with Crippen molar-refractivity contribution in [2.75, 3.05) is 19.0 Å². The summed E-state index contributed by atoms with van der Waals surface area (Å²) in [5.41, 5.74) is 6.82. The molecule has 0 saturated heterocycles. The number of fused-ring (bicyclic) bond motifs is 1. The van der Waals surface area contributed by atoms with E-state index in [1.165, 1.54) is 16.8 Å². The summed E-state index contributed by atoms with van der Waals surface area (Å²) in [6.45, 7) is 3.54. The monoisotopic (exact) mass is 404 g/mol. The van der Waals surface area contributed by atoms with Gasteiger partial charge in [-0.15, -0.1) is 0 Å². The smallest absolute Gasteiger partial charge is 0.135 e. The van der Waals surface area contributed by atoms with E-state index in [4.69, 9.17) is 16.0 Å². The van der Waals surface area contributed by atoms with Crippen molar-refractivity contribution in [3.63, 3.8) is 0 Å². The molecular weight excluding hydrogens is 380 g/mol. The maximum atomic E-state index is 6.23. The SMILES string of the molecule is Cc1ccc2oc(CNCc3ccc(N(C)C)cc3)c(-c3ccc(Cl)cc3)c2c1. The van der Waals surface area contributed by atoms with Crippen LogP contribution in [-0.2, 0) is 13.1 Å². The average molecular weight is 405 g/mol. The van der Waals surface area contributed by atoms with Gasteiger partial charge in [-0.1, -0.05) is 47.5 Å². The Morgan fingerprint density at radius 1 is 0.897 bits per heavy atom. The van der Waals surface area contributed by atoms with Gasteiger partial charge in [-0.3, -0.25) is 0 Å². The summed E-state index contributed by atoms with van der Waals surface area (Å²) < 4.78 is 6.23. The second kappa shape index (κ2) is 8.32. The number of furan rings is 1. The maximum Gasteiger partial charge on any atom is 0.135 e. The largest absolute Gasteiger partial charge is 0.459 e. The summed E-state index contributed by atoms with van der Waals surface area (Å²) in [4.78, 5) is 2.10. The van der Waals surface area contributed by atoms with Gasteiger partial charge in [-0.25, -0.2) is 0 Å². The zero-order chi connectivity index (χ0) is 20.4. The minimum atomic E-state index is 0.654. The fourth-order valence-corrected chi connectivity index (χ4v) is 3.68. The Morgan fingerprint density at radius 3 is 2.31 bits per heavy atom. The first-order valence-corrected chi connectivity index (χ1v) is 10.1. The van der Waals surface area contributed by atoms with Crippen LogP contribution in [-0.4, -0.2) is 14.1 Å². The topological polar surface area (TPSA) is 28.4 Å². The third-order valence-corrected chi connectivity index (χ3v) is 5.37. The molecule has 1 heterocycles. The van der Waals surface area contributed by atoms with Crippen molar-refractivity contribution in [1.29, 1.82) is 0 Å². The number of halogens is 1. The van der Waals surface area contributed by atoms with Gasteiger partial charge in [-0.2, -0.15) is 0 Å². The molecule has 4 aromatic rings. The third kappa shape index (κ3) is 4.31. The van der Waals surface area contributed by atoms with Crippen molar-refractivity contribution in [3.05, 3.63) is 88.6 Å². The lowest BCUT2D eigenvalue weighted by atomic mass is 10.0. The summed E-state index contributed by atoms with van der Waals surface area (Å²) in [5.74, 6) is 0.942. The van der Waals surface area contributed by atoms with E-state index >= 15 is 0 Å². The summed E-state index contributed by atoms with van der Waals surface area (Å²) in [6, 6.07) is 22.9. The first-order chi connectivity index (χ1) is 14.0. The highest BCUT2D eigenvalue weighted by molar-refractivity contribution is 6.30. The molecule has 0 amide bonds. The molecule has 1 aromatic heterocycles. The fourth-order valence-electron chi connectivity index (χ4n) is 3.55. The molecule has 0 spiro atoms. The summed E-state index contributed by atoms with van der Waals surface area (Å²) >= 11 is 6.10. The number of hydrogen-bond acceptors (Lipinski definition) is 3. The minimum Gasteiger partial charge on any atom is -0.459 e. The van der Waals surface area contributed by atoms with Crippen LogP contribution < -0.4 is 10.2 Å². The molecule has 0 aliphatic heterocycles. The van der Waals surface area contributed by atoms with Crippen LogP contribution in [0.3, 0.4) is 0 Å². The van der Waals surface area contributed by atoms with Crippen LogP contribution in [0.2, 0.25) is 5.02 Å². The molecule has 1 N–H and O–H groups in total. The molecule has 0 unspecified atom stereocenters. The van der Waals surface area contributed by atoms with Gasteiger partial charge in [0.25, 0.3) is 0 Å². The Morgan fingerprint density at radius 2 is 1.62 bits per heavy atom. The number of nitrogens with zero attached hydrogens (tertiary/aromatic N) is 1. The summed E-state index contributed by atoms with van der Waals surface area (Å²) in [5, 5.41) is 5.40. The van der Waals surface area contributed by atoms with E-state index < -0.39 is 0 Å². The predicted molar refractivity (Wildman–Crippen MR) is 123 cm³/mol. The summed E-state index contributed by atoms with van der Waals surface area (Å²) in [6.07, 6.45) is 0. The number of benzene rings is 3. The van der Waals surface area contributed by atoms with E-state index in [1.807, 2.05) is 18.2 Å². The van der Waals surface area contributed by atoms with Crippen LogP contribution in [0.5, 0.6) is 0 Å². The highest BCUT2D eigenvalue weighted by Gasteiger charge is 2.16. The van der Waals surface area contributed by atoms with Gasteiger partial charge in [0.05, 0.1) is 6.54 Å². The van der Waals surface area contributed by atoms with Gasteiger partial charge >= 0.3 is 0 Å². The lowest BCUT2D eigenvalue weighted by molar-refractivity contribution is 0.515. The van der Waals surface area contributed by atoms with Gasteiger partial charge in [0.1, 0.15) is 11.3 Å². The number of nitrogens with one attached hydrogen (secondary N) is 1. The van der Waals surface area contributed by atoms with Crippen LogP contribution in [0.25, 0.3) is 22.1 Å². The molecular formula is C25H25ClN2O. The van der Waals surface area contributed by atoms with Gasteiger partial charge < -0.3 is 14.6 Å². The lowest BCUT2D eigenvalue weighted by Crippen LogP contribution is -2.13. The second-order valence-electron chi connectivity index (χ2n) is 7.57. The maximum absolute atomic E-state index is 6.23. The van der Waals surface area contributed by atoms with Crippen molar-refractivity contribution < 1.29 is 4.42 Å². The molecule has 4 rings (SSSR count). The van der Waals surface area contributed by atoms with E-state index in [9.17, 15) is 0 Å². The van der Waals surface area contributed by atoms with E-state index in [1.54, 1.807) is 0 Å². The Kier molecular flexibility index (Phi) is 5.61. The average Bonchev–Trinajstić information content (AvgIpc) is 3.06. The first-order valence-electron chi connectivity index (χ1n) is 9.76. The van der Waals surface area contributed by atoms with Gasteiger partial charge in [0, 0.05) is 42.3 Å². The molecule has 0 aliphatic carbocycles. The lowest BCUT2D eigenvalue weighted by Gasteiger charge is -2.13. The molecule has 3 aromatic carbocycles. The number of rotatable bonds is 6. The van der Waals surface area contributed by atoms with Gasteiger partial charge in [0.2, 0.25) is 0 Å². The van der Waals surface area contributed by atoms with Crippen LogP contribution in [0, 0.1) is 6.92 Å². The van der Waals surface area contributed by atoms with Crippen LogP contribution in [0.1, 0.15) is 16.9 Å². The van der Waals surface area contributed by atoms with Crippen LogP contribution in [0.15, 0.2) is 71.1 Å². The van der Waals surface area contributed by atoms with E-state index in [0.717, 1.165) is 39.4 Å². The minimum absolute atomic E-state index is 0.654. The Balaban J connectivity index is 1.59. The highest BCUT2D eigenvalue weighted by Crippen LogP contribution is 2.36. The third-order valence-electron chi connectivity index (χ3n) is 5.12. The van der Waals surface area contributed by atoms with E-state index in [2.05, 4.69) is 79.8 Å². The van der Waals surface area contributed by atoms with E-state index in [0.29, 0.717) is 6.54 Å².